The Kier molecular flexibility index (Phi) is 4.43. The lowest BCUT2D eigenvalue weighted by atomic mass is 10.1. The predicted octanol–water partition coefficient (Wildman–Crippen LogP) is 2.64. The molecule has 0 aromatic carbocycles. The minimum atomic E-state index is -0.436. The number of halogens is 1. The summed E-state index contributed by atoms with van der Waals surface area (Å²) in [7, 11) is 0. The Hall–Kier alpha value is -1.99. The maximum atomic E-state index is 13.8. The fourth-order valence-electron chi connectivity index (χ4n) is 3.85. The van der Waals surface area contributed by atoms with Crippen molar-refractivity contribution >= 4 is 0 Å². The van der Waals surface area contributed by atoms with Gasteiger partial charge in [0.05, 0.1) is 12.3 Å². The zero-order valence-electron chi connectivity index (χ0n) is 14.4. The lowest BCUT2D eigenvalue weighted by Gasteiger charge is -2.38. The summed E-state index contributed by atoms with van der Waals surface area (Å²) >= 11 is 0. The second kappa shape index (κ2) is 6.72. The molecule has 2 aromatic rings. The molecule has 2 aliphatic rings. The average molecular weight is 347 g/mol. The molecule has 1 aliphatic carbocycles. The first-order valence-corrected chi connectivity index (χ1v) is 8.68. The fourth-order valence-corrected chi connectivity index (χ4v) is 3.85. The van der Waals surface area contributed by atoms with E-state index >= 15 is 0 Å². The molecule has 134 valence electrons. The van der Waals surface area contributed by atoms with E-state index in [9.17, 15) is 4.39 Å². The monoisotopic (exact) mass is 347 g/mol. The maximum Gasteiger partial charge on any atom is 0.250 e. The molecule has 0 unspecified atom stereocenters. The smallest absolute Gasteiger partial charge is 0.250 e. The van der Waals surface area contributed by atoms with Crippen LogP contribution in [0, 0.1) is 19.7 Å². The van der Waals surface area contributed by atoms with E-state index < -0.39 is 5.82 Å². The molecule has 0 radical (unpaired) electrons. The first-order valence-electron chi connectivity index (χ1n) is 8.68. The van der Waals surface area contributed by atoms with Crippen molar-refractivity contribution in [3.05, 3.63) is 41.2 Å². The summed E-state index contributed by atoms with van der Waals surface area (Å²) in [5.41, 5.74) is 2.07. The van der Waals surface area contributed by atoms with Gasteiger partial charge in [-0.05, 0) is 38.8 Å². The quantitative estimate of drug-likeness (QED) is 0.847. The van der Waals surface area contributed by atoms with Crippen LogP contribution in [0.15, 0.2) is 22.9 Å². The second-order valence-corrected chi connectivity index (χ2v) is 6.70. The van der Waals surface area contributed by atoms with Gasteiger partial charge in [0.15, 0.2) is 5.82 Å². The molecule has 0 spiro atoms. The first-order chi connectivity index (χ1) is 12.1. The normalized spacial score (nSPS) is 26.6. The number of ether oxygens (including phenoxy) is 2. The Morgan fingerprint density at radius 2 is 2.24 bits per heavy atom. The van der Waals surface area contributed by atoms with Crippen molar-refractivity contribution in [3.63, 3.8) is 0 Å². The zero-order valence-corrected chi connectivity index (χ0v) is 14.4. The van der Waals surface area contributed by atoms with Crippen molar-refractivity contribution in [2.24, 2.45) is 0 Å². The number of nitrogens with zero attached hydrogens (tertiary/aromatic N) is 3. The van der Waals surface area contributed by atoms with Crippen molar-refractivity contribution in [3.8, 4) is 5.88 Å². The van der Waals surface area contributed by atoms with Crippen LogP contribution in [-0.4, -0.2) is 46.4 Å². The molecule has 2 aromatic heterocycles. The van der Waals surface area contributed by atoms with Gasteiger partial charge in [-0.1, -0.05) is 5.16 Å². The summed E-state index contributed by atoms with van der Waals surface area (Å²) in [5.74, 6) is 0.482. The van der Waals surface area contributed by atoms with Crippen LogP contribution < -0.4 is 4.74 Å². The molecule has 3 atom stereocenters. The summed E-state index contributed by atoms with van der Waals surface area (Å²) in [6.45, 7) is 6.19. The van der Waals surface area contributed by atoms with Crippen LogP contribution in [0.5, 0.6) is 5.88 Å². The largest absolute Gasteiger partial charge is 0.469 e. The van der Waals surface area contributed by atoms with Gasteiger partial charge in [0.2, 0.25) is 0 Å². The Morgan fingerprint density at radius 3 is 3.00 bits per heavy atom. The SMILES string of the molecule is Cc1noc(C)c1CN1CCO[C@@H]2[C@@H](Oc3ncccc3F)CC[C@H]21. The van der Waals surface area contributed by atoms with Crippen LogP contribution in [-0.2, 0) is 11.3 Å². The molecule has 7 heteroatoms. The summed E-state index contributed by atoms with van der Waals surface area (Å²) in [4.78, 5) is 6.40. The molecule has 1 saturated carbocycles. The van der Waals surface area contributed by atoms with Crippen LogP contribution in [0.4, 0.5) is 4.39 Å². The van der Waals surface area contributed by atoms with Gasteiger partial charge in [0.1, 0.15) is 18.0 Å². The van der Waals surface area contributed by atoms with E-state index in [1.54, 1.807) is 6.07 Å². The fraction of sp³-hybridized carbons (Fsp3) is 0.556. The van der Waals surface area contributed by atoms with E-state index in [1.807, 2.05) is 13.8 Å². The van der Waals surface area contributed by atoms with Crippen molar-refractivity contribution in [1.29, 1.82) is 0 Å². The summed E-state index contributed by atoms with van der Waals surface area (Å²) in [6.07, 6.45) is 3.06. The predicted molar refractivity (Wildman–Crippen MR) is 87.8 cm³/mol. The average Bonchev–Trinajstić information content (AvgIpc) is 3.16. The minimum absolute atomic E-state index is 0.0552. The molecule has 0 amide bonds. The number of pyridine rings is 1. The molecule has 4 rings (SSSR count). The van der Waals surface area contributed by atoms with Crippen molar-refractivity contribution < 1.29 is 18.4 Å². The van der Waals surface area contributed by atoms with Crippen molar-refractivity contribution in [2.45, 2.75) is 51.5 Å². The van der Waals surface area contributed by atoms with E-state index in [0.717, 1.165) is 42.9 Å². The number of aromatic nitrogens is 2. The summed E-state index contributed by atoms with van der Waals surface area (Å²) < 4.78 is 30.9. The highest BCUT2D eigenvalue weighted by molar-refractivity contribution is 5.21. The molecule has 25 heavy (non-hydrogen) atoms. The Bertz CT molecular complexity index is 731. The molecular weight excluding hydrogens is 325 g/mol. The highest BCUT2D eigenvalue weighted by atomic mass is 19.1. The van der Waals surface area contributed by atoms with Crippen LogP contribution in [0.1, 0.15) is 29.9 Å². The van der Waals surface area contributed by atoms with Gasteiger partial charge in [0, 0.05) is 30.9 Å². The molecule has 2 fully saturated rings. The highest BCUT2D eigenvalue weighted by Gasteiger charge is 2.44. The third-order valence-corrected chi connectivity index (χ3v) is 5.18. The van der Waals surface area contributed by atoms with Crippen molar-refractivity contribution in [1.82, 2.24) is 15.0 Å². The topological polar surface area (TPSA) is 60.6 Å². The van der Waals surface area contributed by atoms with Gasteiger partial charge in [-0.15, -0.1) is 0 Å². The number of rotatable bonds is 4. The van der Waals surface area contributed by atoms with Gasteiger partial charge in [-0.3, -0.25) is 4.90 Å². The van der Waals surface area contributed by atoms with E-state index in [2.05, 4.69) is 15.0 Å². The van der Waals surface area contributed by atoms with E-state index in [0.29, 0.717) is 6.61 Å². The Balaban J connectivity index is 1.48. The molecule has 1 aliphatic heterocycles. The first kappa shape index (κ1) is 16.5. The van der Waals surface area contributed by atoms with E-state index in [4.69, 9.17) is 14.0 Å². The Labute approximate surface area is 145 Å². The molecule has 0 bridgehead atoms. The molecule has 1 saturated heterocycles. The minimum Gasteiger partial charge on any atom is -0.469 e. The summed E-state index contributed by atoms with van der Waals surface area (Å²) in [5, 5.41) is 4.04. The molecular formula is C18H22FN3O3. The Morgan fingerprint density at radius 1 is 1.36 bits per heavy atom. The van der Waals surface area contributed by atoms with Gasteiger partial charge >= 0.3 is 0 Å². The third-order valence-electron chi connectivity index (χ3n) is 5.18. The number of fused-ring (bicyclic) bond motifs is 1. The zero-order chi connectivity index (χ0) is 17.4. The standard InChI is InChI=1S/C18H22FN3O3/c1-11-13(12(2)25-21-11)10-22-8-9-23-17-15(22)5-6-16(17)24-18-14(19)4-3-7-20-18/h3-4,7,15-17H,5-6,8-10H2,1-2H3/t15-,16+,17+/m1/s1. The third kappa shape index (κ3) is 3.14. The summed E-state index contributed by atoms with van der Waals surface area (Å²) in [6, 6.07) is 3.17. The van der Waals surface area contributed by atoms with Gasteiger partial charge in [-0.2, -0.15) is 0 Å². The van der Waals surface area contributed by atoms with Crippen LogP contribution in [0.2, 0.25) is 0 Å². The van der Waals surface area contributed by atoms with Gasteiger partial charge in [0.25, 0.3) is 5.88 Å². The number of aryl methyl sites for hydroxylation is 2. The van der Waals surface area contributed by atoms with Crippen LogP contribution >= 0.6 is 0 Å². The molecule has 3 heterocycles. The van der Waals surface area contributed by atoms with Gasteiger partial charge < -0.3 is 14.0 Å². The highest BCUT2D eigenvalue weighted by Crippen LogP contribution is 2.34. The number of hydrogen-bond acceptors (Lipinski definition) is 6. The van der Waals surface area contributed by atoms with Crippen LogP contribution in [0.3, 0.4) is 0 Å². The van der Waals surface area contributed by atoms with Crippen LogP contribution in [0.25, 0.3) is 0 Å². The molecule has 0 N–H and O–H groups in total. The van der Waals surface area contributed by atoms with Gasteiger partial charge in [-0.25, -0.2) is 9.37 Å². The second-order valence-electron chi connectivity index (χ2n) is 6.70. The lowest BCUT2D eigenvalue weighted by Crippen LogP contribution is -2.51. The number of morpholine rings is 1. The van der Waals surface area contributed by atoms with E-state index in [-0.39, 0.29) is 24.1 Å². The molecule has 6 nitrogen and oxygen atoms in total. The number of hydrogen-bond donors (Lipinski definition) is 0. The van der Waals surface area contributed by atoms with E-state index in [1.165, 1.54) is 12.3 Å². The van der Waals surface area contributed by atoms with Crippen molar-refractivity contribution in [2.75, 3.05) is 13.2 Å². The lowest BCUT2D eigenvalue weighted by molar-refractivity contribution is -0.0928. The maximum absolute atomic E-state index is 13.8.